The molecule has 0 aliphatic rings. The third kappa shape index (κ3) is 1.09. The fourth-order valence-corrected chi connectivity index (χ4v) is 2.86. The number of nitrogen functional groups attached to an aromatic ring is 1. The highest BCUT2D eigenvalue weighted by molar-refractivity contribution is 14.1. The summed E-state index contributed by atoms with van der Waals surface area (Å²) in [4.78, 5) is 0. The number of thiophene rings is 1. The van der Waals surface area contributed by atoms with Gasteiger partial charge in [0.1, 0.15) is 5.82 Å². The maximum absolute atomic E-state index is 13.1. The predicted molar refractivity (Wildman–Crippen MR) is 58.9 cm³/mol. The van der Waals surface area contributed by atoms with Crippen LogP contribution < -0.4 is 5.73 Å². The smallest absolute Gasteiger partial charge is 0.148 e. The number of hydrogen-bond acceptors (Lipinski definition) is 2. The van der Waals surface area contributed by atoms with Gasteiger partial charge in [-0.25, -0.2) is 4.39 Å². The van der Waals surface area contributed by atoms with Crippen molar-refractivity contribution >= 4 is 49.7 Å². The number of rotatable bonds is 0. The normalized spacial score (nSPS) is 10.8. The van der Waals surface area contributed by atoms with E-state index in [4.69, 9.17) is 5.73 Å². The summed E-state index contributed by atoms with van der Waals surface area (Å²) in [6, 6.07) is 3.42. The van der Waals surface area contributed by atoms with Crippen molar-refractivity contribution in [3.8, 4) is 0 Å². The van der Waals surface area contributed by atoms with E-state index in [0.717, 1.165) is 13.7 Å². The first kappa shape index (κ1) is 8.25. The summed E-state index contributed by atoms with van der Waals surface area (Å²) in [7, 11) is 0. The van der Waals surface area contributed by atoms with E-state index in [9.17, 15) is 4.39 Å². The number of anilines is 1. The van der Waals surface area contributed by atoms with E-state index in [1.807, 2.05) is 11.4 Å². The van der Waals surface area contributed by atoms with E-state index < -0.39 is 0 Å². The number of halogens is 2. The highest BCUT2D eigenvalue weighted by Gasteiger charge is 2.08. The van der Waals surface area contributed by atoms with E-state index in [1.54, 1.807) is 0 Å². The fraction of sp³-hybridized carbons (Fsp3) is 0. The molecule has 2 N–H and O–H groups in total. The van der Waals surface area contributed by atoms with Crippen LogP contribution in [0.2, 0.25) is 0 Å². The zero-order valence-corrected chi connectivity index (χ0v) is 8.95. The minimum absolute atomic E-state index is 0.264. The molecule has 1 heterocycles. The van der Waals surface area contributed by atoms with Gasteiger partial charge in [0.05, 0.1) is 10.4 Å². The molecule has 4 heteroatoms. The molecule has 1 aromatic heterocycles. The largest absolute Gasteiger partial charge is 0.395 e. The molecular weight excluding hydrogens is 288 g/mol. The van der Waals surface area contributed by atoms with Crippen molar-refractivity contribution in [3.05, 3.63) is 26.9 Å². The average molecular weight is 293 g/mol. The third-order valence-electron chi connectivity index (χ3n) is 1.68. The lowest BCUT2D eigenvalue weighted by molar-refractivity contribution is 0.633. The zero-order chi connectivity index (χ0) is 8.72. The van der Waals surface area contributed by atoms with Crippen LogP contribution in [0.25, 0.3) is 10.1 Å². The van der Waals surface area contributed by atoms with Gasteiger partial charge in [-0.15, -0.1) is 11.3 Å². The zero-order valence-electron chi connectivity index (χ0n) is 5.97. The minimum Gasteiger partial charge on any atom is -0.395 e. The number of hydrogen-bond donors (Lipinski definition) is 1. The van der Waals surface area contributed by atoms with Gasteiger partial charge in [-0.2, -0.15) is 0 Å². The van der Waals surface area contributed by atoms with Crippen LogP contribution in [0, 0.1) is 9.39 Å². The Morgan fingerprint density at radius 1 is 1.50 bits per heavy atom. The fourth-order valence-electron chi connectivity index (χ4n) is 1.08. The van der Waals surface area contributed by atoms with E-state index in [-0.39, 0.29) is 11.5 Å². The highest BCUT2D eigenvalue weighted by Crippen LogP contribution is 2.32. The quantitative estimate of drug-likeness (QED) is 0.586. The van der Waals surface area contributed by atoms with Crippen LogP contribution in [0.3, 0.4) is 0 Å². The average Bonchev–Trinajstić information content (AvgIpc) is 2.48. The van der Waals surface area contributed by atoms with Gasteiger partial charge in [0.15, 0.2) is 0 Å². The van der Waals surface area contributed by atoms with Crippen LogP contribution >= 0.6 is 33.9 Å². The summed E-state index contributed by atoms with van der Waals surface area (Å²) >= 11 is 3.58. The molecular formula is C8H5FINS. The van der Waals surface area contributed by atoms with Gasteiger partial charge in [0.2, 0.25) is 0 Å². The second-order valence-electron chi connectivity index (χ2n) is 2.42. The van der Waals surface area contributed by atoms with Crippen molar-refractivity contribution < 1.29 is 4.39 Å². The van der Waals surface area contributed by atoms with Crippen LogP contribution in [0.15, 0.2) is 17.5 Å². The van der Waals surface area contributed by atoms with Gasteiger partial charge in [0, 0.05) is 8.96 Å². The Hall–Kier alpha value is -0.360. The van der Waals surface area contributed by atoms with E-state index in [0.29, 0.717) is 0 Å². The van der Waals surface area contributed by atoms with Crippen LogP contribution in [-0.2, 0) is 0 Å². The molecule has 0 spiro atoms. The molecule has 0 bridgehead atoms. The van der Waals surface area contributed by atoms with E-state index in [1.165, 1.54) is 17.4 Å². The molecule has 0 saturated heterocycles. The Morgan fingerprint density at radius 3 is 3.00 bits per heavy atom. The Balaban J connectivity index is 2.97. The molecule has 0 atom stereocenters. The molecule has 1 aromatic carbocycles. The van der Waals surface area contributed by atoms with E-state index in [2.05, 4.69) is 22.6 Å². The van der Waals surface area contributed by atoms with Crippen molar-refractivity contribution in [2.45, 2.75) is 0 Å². The maximum Gasteiger partial charge on any atom is 0.148 e. The van der Waals surface area contributed by atoms with Crippen LogP contribution in [-0.4, -0.2) is 0 Å². The molecule has 2 rings (SSSR count). The number of benzene rings is 1. The van der Waals surface area contributed by atoms with Crippen LogP contribution in [0.1, 0.15) is 0 Å². The summed E-state index contributed by atoms with van der Waals surface area (Å²) in [5.41, 5.74) is 5.83. The SMILES string of the molecule is Nc1c(F)cc(I)c2ccsc12. The number of fused-ring (bicyclic) bond motifs is 1. The molecule has 0 amide bonds. The lowest BCUT2D eigenvalue weighted by atomic mass is 10.2. The lowest BCUT2D eigenvalue weighted by Crippen LogP contribution is -1.91. The Kier molecular flexibility index (Phi) is 1.96. The first-order chi connectivity index (χ1) is 5.70. The molecule has 1 nitrogen and oxygen atoms in total. The van der Waals surface area contributed by atoms with Gasteiger partial charge in [0.25, 0.3) is 0 Å². The van der Waals surface area contributed by atoms with Gasteiger partial charge in [-0.3, -0.25) is 0 Å². The molecule has 0 radical (unpaired) electrons. The Morgan fingerprint density at radius 2 is 2.25 bits per heavy atom. The molecule has 2 aromatic rings. The van der Waals surface area contributed by atoms with Gasteiger partial charge in [-0.05, 0) is 40.1 Å². The second kappa shape index (κ2) is 2.85. The van der Waals surface area contributed by atoms with Crippen molar-refractivity contribution in [2.24, 2.45) is 0 Å². The summed E-state index contributed by atoms with van der Waals surface area (Å²) in [6.45, 7) is 0. The summed E-state index contributed by atoms with van der Waals surface area (Å²) in [5.74, 6) is -0.325. The minimum atomic E-state index is -0.325. The van der Waals surface area contributed by atoms with E-state index >= 15 is 0 Å². The molecule has 0 saturated carbocycles. The first-order valence-electron chi connectivity index (χ1n) is 3.31. The maximum atomic E-state index is 13.1. The molecule has 0 aliphatic heterocycles. The Bertz CT molecular complexity index is 438. The van der Waals surface area contributed by atoms with Gasteiger partial charge < -0.3 is 5.73 Å². The molecule has 62 valence electrons. The van der Waals surface area contributed by atoms with Crippen LogP contribution in [0.5, 0.6) is 0 Å². The predicted octanol–water partition coefficient (Wildman–Crippen LogP) is 3.23. The van der Waals surface area contributed by atoms with Crippen LogP contribution in [0.4, 0.5) is 10.1 Å². The second-order valence-corrected chi connectivity index (χ2v) is 4.50. The molecule has 0 aliphatic carbocycles. The molecule has 0 unspecified atom stereocenters. The first-order valence-corrected chi connectivity index (χ1v) is 5.26. The monoisotopic (exact) mass is 293 g/mol. The number of nitrogens with two attached hydrogens (primary N) is 1. The van der Waals surface area contributed by atoms with Crippen molar-refractivity contribution in [1.29, 1.82) is 0 Å². The standard InChI is InChI=1S/C8H5FINS/c9-5-3-6(10)4-1-2-12-8(4)7(5)11/h1-3H,11H2. The summed E-state index contributed by atoms with van der Waals surface area (Å²) in [5, 5.41) is 2.96. The van der Waals surface area contributed by atoms with Gasteiger partial charge in [-0.1, -0.05) is 0 Å². The highest BCUT2D eigenvalue weighted by atomic mass is 127. The Labute approximate surface area is 86.5 Å². The summed E-state index contributed by atoms with van der Waals surface area (Å²) < 4.78 is 14.8. The topological polar surface area (TPSA) is 26.0 Å². The third-order valence-corrected chi connectivity index (χ3v) is 3.52. The summed E-state index contributed by atoms with van der Waals surface area (Å²) in [6.07, 6.45) is 0. The molecule has 0 fully saturated rings. The lowest BCUT2D eigenvalue weighted by Gasteiger charge is -1.99. The van der Waals surface area contributed by atoms with Crippen molar-refractivity contribution in [2.75, 3.05) is 5.73 Å². The van der Waals surface area contributed by atoms with Crippen molar-refractivity contribution in [3.63, 3.8) is 0 Å². The van der Waals surface area contributed by atoms with Crippen molar-refractivity contribution in [1.82, 2.24) is 0 Å². The van der Waals surface area contributed by atoms with Gasteiger partial charge >= 0.3 is 0 Å². The molecule has 12 heavy (non-hydrogen) atoms.